The van der Waals surface area contributed by atoms with E-state index in [1.54, 1.807) is 11.0 Å². The Labute approximate surface area is 107 Å². The highest BCUT2D eigenvalue weighted by molar-refractivity contribution is 5.96. The highest BCUT2D eigenvalue weighted by Crippen LogP contribution is 2.23. The number of nitrogens with zero attached hydrogens (tertiary/aromatic N) is 3. The molecule has 5 nitrogen and oxygen atoms in total. The van der Waals surface area contributed by atoms with Crippen molar-refractivity contribution in [3.63, 3.8) is 0 Å². The highest BCUT2D eigenvalue weighted by Gasteiger charge is 2.34. The van der Waals surface area contributed by atoms with Crippen molar-refractivity contribution in [2.24, 2.45) is 0 Å². The third kappa shape index (κ3) is 2.31. The van der Waals surface area contributed by atoms with E-state index in [0.29, 0.717) is 18.7 Å². The lowest BCUT2D eigenvalue weighted by atomic mass is 9.99. The fourth-order valence-corrected chi connectivity index (χ4v) is 2.15. The lowest BCUT2D eigenvalue weighted by Crippen LogP contribution is -2.58. The van der Waals surface area contributed by atoms with Gasteiger partial charge < -0.3 is 10.0 Å². The summed E-state index contributed by atoms with van der Waals surface area (Å²) in [6.45, 7) is 6.40. The van der Waals surface area contributed by atoms with Crippen LogP contribution in [0.2, 0.25) is 0 Å². The van der Waals surface area contributed by atoms with Crippen LogP contribution in [0.5, 0.6) is 5.75 Å². The molecule has 0 spiro atoms. The number of aromatic hydroxyl groups is 1. The molecule has 2 heterocycles. The fourth-order valence-electron chi connectivity index (χ4n) is 2.15. The molecule has 1 amide bonds. The van der Waals surface area contributed by atoms with Gasteiger partial charge >= 0.3 is 0 Å². The lowest BCUT2D eigenvalue weighted by molar-refractivity contribution is 0.0309. The van der Waals surface area contributed by atoms with Gasteiger partial charge in [0.25, 0.3) is 5.91 Å². The summed E-state index contributed by atoms with van der Waals surface area (Å²) in [6.07, 6.45) is 2.82. The largest absolute Gasteiger partial charge is 0.505 e. The molecule has 0 atom stereocenters. The van der Waals surface area contributed by atoms with Gasteiger partial charge in [-0.05, 0) is 27.0 Å². The number of likely N-dealkylation sites (N-methyl/N-ethyl adjacent to an activating group) is 1. The molecule has 1 fully saturated rings. The van der Waals surface area contributed by atoms with Gasteiger partial charge in [-0.2, -0.15) is 0 Å². The van der Waals surface area contributed by atoms with Gasteiger partial charge in [0, 0.05) is 31.4 Å². The van der Waals surface area contributed by atoms with E-state index in [2.05, 4.69) is 30.8 Å². The van der Waals surface area contributed by atoms with Gasteiger partial charge in [-0.25, -0.2) is 0 Å². The zero-order valence-corrected chi connectivity index (χ0v) is 11.1. The number of hydrogen-bond acceptors (Lipinski definition) is 4. The summed E-state index contributed by atoms with van der Waals surface area (Å²) in [5.41, 5.74) is 0.279. The summed E-state index contributed by atoms with van der Waals surface area (Å²) >= 11 is 0. The minimum Gasteiger partial charge on any atom is -0.505 e. The Balaban J connectivity index is 2.18. The van der Waals surface area contributed by atoms with E-state index in [-0.39, 0.29) is 17.2 Å². The minimum atomic E-state index is -0.129. The second kappa shape index (κ2) is 4.57. The number of piperazine rings is 1. The van der Waals surface area contributed by atoms with Crippen molar-refractivity contribution < 1.29 is 9.90 Å². The third-order valence-electron chi connectivity index (χ3n) is 3.63. The number of rotatable bonds is 1. The zero-order valence-electron chi connectivity index (χ0n) is 11.1. The van der Waals surface area contributed by atoms with E-state index in [1.165, 1.54) is 12.4 Å². The van der Waals surface area contributed by atoms with Crippen LogP contribution < -0.4 is 0 Å². The molecule has 0 aromatic carbocycles. The van der Waals surface area contributed by atoms with Gasteiger partial charge in [0.2, 0.25) is 0 Å². The zero-order chi connectivity index (χ0) is 13.3. The number of carbonyl (C=O) groups is 1. The Morgan fingerprint density at radius 1 is 1.44 bits per heavy atom. The monoisotopic (exact) mass is 249 g/mol. The molecule has 1 aliphatic rings. The van der Waals surface area contributed by atoms with Crippen LogP contribution >= 0.6 is 0 Å². The number of aromatic nitrogens is 1. The third-order valence-corrected chi connectivity index (χ3v) is 3.63. The molecule has 2 rings (SSSR count). The van der Waals surface area contributed by atoms with Gasteiger partial charge in [-0.1, -0.05) is 0 Å². The van der Waals surface area contributed by atoms with Crippen molar-refractivity contribution in [2.75, 3.05) is 26.7 Å². The van der Waals surface area contributed by atoms with Crippen molar-refractivity contribution in [3.05, 3.63) is 24.0 Å². The molecular weight excluding hydrogens is 230 g/mol. The van der Waals surface area contributed by atoms with E-state index in [4.69, 9.17) is 0 Å². The second-order valence-corrected chi connectivity index (χ2v) is 5.35. The molecule has 0 aliphatic carbocycles. The smallest absolute Gasteiger partial charge is 0.257 e. The molecule has 1 aromatic heterocycles. The maximum atomic E-state index is 12.3. The van der Waals surface area contributed by atoms with Gasteiger partial charge in [0.05, 0.1) is 11.8 Å². The quantitative estimate of drug-likeness (QED) is 0.805. The Morgan fingerprint density at radius 3 is 2.78 bits per heavy atom. The first-order chi connectivity index (χ1) is 8.42. The maximum absolute atomic E-state index is 12.3. The van der Waals surface area contributed by atoms with Crippen LogP contribution in [-0.2, 0) is 0 Å². The van der Waals surface area contributed by atoms with Crippen LogP contribution in [0.1, 0.15) is 24.2 Å². The Kier molecular flexibility index (Phi) is 3.26. The molecule has 0 saturated carbocycles. The van der Waals surface area contributed by atoms with Crippen molar-refractivity contribution >= 4 is 5.91 Å². The summed E-state index contributed by atoms with van der Waals surface area (Å²) in [5, 5.41) is 9.67. The number of pyridine rings is 1. The van der Waals surface area contributed by atoms with Crippen molar-refractivity contribution in [1.82, 2.24) is 14.8 Å². The minimum absolute atomic E-state index is 0.0451. The lowest BCUT2D eigenvalue weighted by Gasteiger charge is -2.45. The van der Waals surface area contributed by atoms with Crippen molar-refractivity contribution in [3.8, 4) is 5.75 Å². The molecule has 98 valence electrons. The first kappa shape index (κ1) is 12.8. The molecule has 0 bridgehead atoms. The number of amides is 1. The summed E-state index contributed by atoms with van der Waals surface area (Å²) in [7, 11) is 2.06. The average Bonchev–Trinajstić information content (AvgIpc) is 2.32. The molecule has 18 heavy (non-hydrogen) atoms. The van der Waals surface area contributed by atoms with E-state index >= 15 is 0 Å². The van der Waals surface area contributed by atoms with Crippen LogP contribution in [-0.4, -0.2) is 58.0 Å². The molecule has 1 aromatic rings. The Hall–Kier alpha value is -1.62. The molecule has 5 heteroatoms. The predicted octanol–water partition coefficient (Wildman–Crippen LogP) is 0.953. The average molecular weight is 249 g/mol. The van der Waals surface area contributed by atoms with Gasteiger partial charge in [-0.15, -0.1) is 0 Å². The van der Waals surface area contributed by atoms with Crippen LogP contribution in [0.25, 0.3) is 0 Å². The van der Waals surface area contributed by atoms with Crippen molar-refractivity contribution in [1.29, 1.82) is 0 Å². The molecule has 0 radical (unpaired) electrons. The van der Waals surface area contributed by atoms with Gasteiger partial charge in [0.15, 0.2) is 0 Å². The van der Waals surface area contributed by atoms with Crippen molar-refractivity contribution in [2.45, 2.75) is 19.4 Å². The molecule has 1 aliphatic heterocycles. The first-order valence-electron chi connectivity index (χ1n) is 6.05. The molecular formula is C13H19N3O2. The van der Waals surface area contributed by atoms with E-state index < -0.39 is 0 Å². The van der Waals surface area contributed by atoms with Crippen LogP contribution in [0, 0.1) is 0 Å². The molecule has 0 unspecified atom stereocenters. The van der Waals surface area contributed by atoms with Crippen LogP contribution in [0.4, 0.5) is 0 Å². The fraction of sp³-hybridized carbons (Fsp3) is 0.538. The summed E-state index contributed by atoms with van der Waals surface area (Å²) < 4.78 is 0. The van der Waals surface area contributed by atoms with E-state index in [1.807, 2.05) is 0 Å². The summed E-state index contributed by atoms with van der Waals surface area (Å²) in [5.74, 6) is -0.185. The van der Waals surface area contributed by atoms with Crippen LogP contribution in [0.3, 0.4) is 0 Å². The predicted molar refractivity (Wildman–Crippen MR) is 68.5 cm³/mol. The van der Waals surface area contributed by atoms with E-state index in [0.717, 1.165) is 6.54 Å². The highest BCUT2D eigenvalue weighted by atomic mass is 16.3. The number of carbonyl (C=O) groups excluding carboxylic acids is 1. The standard InChI is InChI=1S/C13H19N3O2/c1-13(2)9-16(7-6-15(13)3)12(18)10-4-5-14-8-11(10)17/h4-5,8,17H,6-7,9H2,1-3H3. The van der Waals surface area contributed by atoms with Gasteiger partial charge in [0.1, 0.15) is 5.75 Å². The molecule has 1 saturated heterocycles. The van der Waals surface area contributed by atoms with Crippen LogP contribution in [0.15, 0.2) is 18.5 Å². The maximum Gasteiger partial charge on any atom is 0.257 e. The first-order valence-corrected chi connectivity index (χ1v) is 6.05. The second-order valence-electron chi connectivity index (χ2n) is 5.35. The molecule has 1 N–H and O–H groups in total. The number of hydrogen-bond donors (Lipinski definition) is 1. The normalized spacial score (nSPS) is 19.8. The summed E-state index contributed by atoms with van der Waals surface area (Å²) in [6, 6.07) is 1.56. The Morgan fingerprint density at radius 2 is 2.17 bits per heavy atom. The SMILES string of the molecule is CN1CCN(C(=O)c2ccncc2O)CC1(C)C. The topological polar surface area (TPSA) is 56.7 Å². The summed E-state index contributed by atoms with van der Waals surface area (Å²) in [4.78, 5) is 20.1. The van der Waals surface area contributed by atoms with E-state index in [9.17, 15) is 9.90 Å². The van der Waals surface area contributed by atoms with Gasteiger partial charge in [-0.3, -0.25) is 14.7 Å². The Bertz CT molecular complexity index is 459.